The second-order valence-corrected chi connectivity index (χ2v) is 26.7. The first kappa shape index (κ1) is 86.2. The number of carbonyl (C=O) groups is 12. The normalized spacial score (nSPS) is 19.8. The van der Waals surface area contributed by atoms with Crippen LogP contribution in [0, 0.1) is 40.9 Å². The third-order valence-electron chi connectivity index (χ3n) is 18.3. The van der Waals surface area contributed by atoms with Gasteiger partial charge in [0.15, 0.2) is 18.3 Å². The van der Waals surface area contributed by atoms with Gasteiger partial charge in [0.2, 0.25) is 0 Å². The fourth-order valence-electron chi connectivity index (χ4n) is 12.4. The summed E-state index contributed by atoms with van der Waals surface area (Å²) in [6.45, 7) is -0.139. The fraction of sp³-hybridized carbons (Fsp3) is 0.831. The first-order chi connectivity index (χ1) is 47.7. The Morgan fingerprint density at radius 1 is 0.313 bits per heavy atom. The lowest BCUT2D eigenvalue weighted by molar-refractivity contribution is -0.181. The Bertz CT molecular complexity index is 2190. The Balaban J connectivity index is 1.87. The van der Waals surface area contributed by atoms with E-state index in [1.165, 1.54) is 0 Å². The number of unbranched alkanes of at least 4 members (excludes halogenated alkanes) is 18. The van der Waals surface area contributed by atoms with Gasteiger partial charge in [-0.05, 0) is 57.8 Å². The molecule has 0 aromatic heterocycles. The van der Waals surface area contributed by atoms with Gasteiger partial charge in [0.05, 0.1) is 47.5 Å². The van der Waals surface area contributed by atoms with Crippen LogP contribution in [0.4, 0.5) is 14.4 Å². The van der Waals surface area contributed by atoms with Crippen molar-refractivity contribution in [2.24, 2.45) is 58.1 Å². The summed E-state index contributed by atoms with van der Waals surface area (Å²) < 4.78 is 66.0. The highest BCUT2D eigenvalue weighted by Gasteiger charge is 2.46. The highest BCUT2D eigenvalue weighted by molar-refractivity contribution is 5.84. The summed E-state index contributed by atoms with van der Waals surface area (Å²) in [6, 6.07) is 0. The van der Waals surface area contributed by atoms with Crippen molar-refractivity contribution < 1.29 is 119 Å². The Kier molecular flexibility index (Phi) is 44.6. The molecule has 7 N–H and O–H groups in total. The van der Waals surface area contributed by atoms with Gasteiger partial charge in [0, 0.05) is 19.3 Å². The van der Waals surface area contributed by atoms with E-state index in [0.717, 1.165) is 116 Å². The monoisotopic (exact) mass is 1410 g/mol. The lowest BCUT2D eigenvalue weighted by Crippen LogP contribution is -2.46. The summed E-state index contributed by atoms with van der Waals surface area (Å²) in [6.07, 6.45) is 16.8. The minimum atomic E-state index is -1.95. The first-order valence-corrected chi connectivity index (χ1v) is 36.6. The molecule has 0 radical (unpaired) electrons. The molecule has 0 spiro atoms. The van der Waals surface area contributed by atoms with Crippen LogP contribution in [-0.4, -0.2) is 161 Å². The maximum Gasteiger partial charge on any atom is 0.404 e. The summed E-state index contributed by atoms with van der Waals surface area (Å²) in [5.41, 5.74) is 13.7. The lowest BCUT2D eigenvalue weighted by atomic mass is 9.79. The quantitative estimate of drug-likeness (QED) is 0.0250. The van der Waals surface area contributed by atoms with E-state index in [2.05, 4.69) is 20.8 Å². The van der Waals surface area contributed by atoms with E-state index in [9.17, 15) is 62.6 Å². The number of hydrogen-bond donors (Lipinski definition) is 4. The average Bonchev–Trinajstić information content (AvgIpc) is 0.840. The molecule has 0 aliphatic heterocycles. The second kappa shape index (κ2) is 51.2. The zero-order chi connectivity index (χ0) is 72.6. The summed E-state index contributed by atoms with van der Waals surface area (Å²) in [4.78, 5) is 159. The predicted octanol–water partition coefficient (Wildman–Crippen LogP) is 10.1. The van der Waals surface area contributed by atoms with Crippen LogP contribution in [-0.2, 0) is 100.0 Å². The molecule has 3 aliphatic carbocycles. The molecule has 3 fully saturated rings. The fourth-order valence-corrected chi connectivity index (χ4v) is 12.4. The number of hydrogen-bond acceptors (Lipinski definition) is 25. The maximum absolute atomic E-state index is 14.4. The molecule has 3 aliphatic rings. The molecular formula is C71H117N3O25. The molecule has 28 nitrogen and oxygen atoms in total. The largest absolute Gasteiger partial charge is 0.464 e. The lowest BCUT2D eigenvalue weighted by Gasteiger charge is -2.35. The molecular weight excluding hydrogens is 1290 g/mol. The topological polar surface area (TPSA) is 414 Å². The number of aliphatic hydroxyl groups is 1. The number of nitrogens with two attached hydrogens (primary N) is 3. The van der Waals surface area contributed by atoms with Crippen molar-refractivity contribution in [2.45, 2.75) is 270 Å². The van der Waals surface area contributed by atoms with Crippen molar-refractivity contribution in [3.63, 3.8) is 0 Å². The van der Waals surface area contributed by atoms with Crippen molar-refractivity contribution in [1.29, 1.82) is 0 Å². The summed E-state index contributed by atoms with van der Waals surface area (Å²) in [5.74, 6) is -14.1. The van der Waals surface area contributed by atoms with Crippen LogP contribution < -0.4 is 17.2 Å². The highest BCUT2D eigenvalue weighted by atomic mass is 16.6. The zero-order valence-corrected chi connectivity index (χ0v) is 59.2. The van der Waals surface area contributed by atoms with Crippen molar-refractivity contribution in [3.05, 3.63) is 0 Å². The third kappa shape index (κ3) is 36.8. The smallest absolute Gasteiger partial charge is 0.404 e. The van der Waals surface area contributed by atoms with Crippen molar-refractivity contribution in [2.75, 3.05) is 66.1 Å². The van der Waals surface area contributed by atoms with Crippen LogP contribution in [0.3, 0.4) is 0 Å². The molecule has 28 heteroatoms. The molecule has 9 atom stereocenters. The molecule has 3 rings (SSSR count). The van der Waals surface area contributed by atoms with Crippen molar-refractivity contribution in [1.82, 2.24) is 0 Å². The molecule has 3 saturated carbocycles. The number of ether oxygens (including phenoxy) is 12. The van der Waals surface area contributed by atoms with E-state index in [1.807, 2.05) is 0 Å². The number of carbonyl (C=O) groups excluding carboxylic acids is 12. The van der Waals surface area contributed by atoms with Crippen LogP contribution in [0.1, 0.15) is 252 Å². The minimum absolute atomic E-state index is 0.108. The van der Waals surface area contributed by atoms with Crippen molar-refractivity contribution in [3.8, 4) is 0 Å². The molecule has 566 valence electrons. The zero-order valence-electron chi connectivity index (χ0n) is 59.2. The molecule has 3 amide bonds. The third-order valence-corrected chi connectivity index (χ3v) is 18.3. The number of rotatable bonds is 52. The van der Waals surface area contributed by atoms with Crippen LogP contribution in [0.2, 0.25) is 0 Å². The number of aliphatic hydroxyl groups excluding tert-OH is 1. The molecule has 0 aromatic carbocycles. The van der Waals surface area contributed by atoms with Gasteiger partial charge in [-0.2, -0.15) is 0 Å². The minimum Gasteiger partial charge on any atom is -0.464 e. The average molecular weight is 1410 g/mol. The summed E-state index contributed by atoms with van der Waals surface area (Å²) in [5, 5.41) is 11.4. The van der Waals surface area contributed by atoms with E-state index in [0.29, 0.717) is 57.8 Å². The van der Waals surface area contributed by atoms with E-state index in [1.54, 1.807) is 0 Å². The number of primary amides is 3. The number of amides is 3. The second-order valence-electron chi connectivity index (χ2n) is 26.7. The molecule has 0 aromatic rings. The van der Waals surface area contributed by atoms with Gasteiger partial charge in [-0.15, -0.1) is 0 Å². The molecule has 0 bridgehead atoms. The Hall–Kier alpha value is -7.00. The van der Waals surface area contributed by atoms with Crippen LogP contribution >= 0.6 is 0 Å². The van der Waals surface area contributed by atoms with E-state index < -0.39 is 197 Å². The molecule has 0 saturated heterocycles. The Morgan fingerprint density at radius 2 is 0.525 bits per heavy atom. The van der Waals surface area contributed by atoms with Crippen LogP contribution in [0.5, 0.6) is 0 Å². The van der Waals surface area contributed by atoms with Gasteiger partial charge in [-0.25, -0.2) is 14.4 Å². The molecule has 9 unspecified atom stereocenters. The molecule has 0 heterocycles. The predicted molar refractivity (Wildman–Crippen MR) is 356 cm³/mol. The summed E-state index contributed by atoms with van der Waals surface area (Å²) >= 11 is 0. The van der Waals surface area contributed by atoms with Crippen LogP contribution in [0.15, 0.2) is 0 Å². The molecule has 99 heavy (non-hydrogen) atoms. The van der Waals surface area contributed by atoms with E-state index >= 15 is 0 Å². The van der Waals surface area contributed by atoms with Gasteiger partial charge < -0.3 is 79.1 Å². The van der Waals surface area contributed by atoms with Crippen molar-refractivity contribution >= 4 is 72.0 Å². The SMILES string of the molecule is CCCCCCCCCC(=O)OCC(COC(N)=O)OC(=O)C1CCCCC1C(=O)OCC(CO)(COC(=O)C1CCCCC1C(=O)OC(COC(N)=O)COC(=O)CCCCCCCCC)COC(=O)C1CCCCC1C(=O)OC(COC(N)=O)COC(=O)CCCCCCCCC. The summed E-state index contributed by atoms with van der Waals surface area (Å²) in [7, 11) is 0. The van der Waals surface area contributed by atoms with Gasteiger partial charge >= 0.3 is 72.0 Å². The van der Waals surface area contributed by atoms with E-state index in [-0.39, 0.29) is 57.8 Å². The maximum atomic E-state index is 14.4. The van der Waals surface area contributed by atoms with Gasteiger partial charge in [-0.3, -0.25) is 43.2 Å². The Labute approximate surface area is 583 Å². The van der Waals surface area contributed by atoms with Gasteiger partial charge in [0.1, 0.15) is 59.5 Å². The van der Waals surface area contributed by atoms with Crippen LogP contribution in [0.25, 0.3) is 0 Å². The number of esters is 9. The Morgan fingerprint density at radius 3 is 0.747 bits per heavy atom. The van der Waals surface area contributed by atoms with Gasteiger partial charge in [0.25, 0.3) is 0 Å². The first-order valence-electron chi connectivity index (χ1n) is 36.6. The van der Waals surface area contributed by atoms with E-state index in [4.69, 9.17) is 74.0 Å². The standard InChI is InChI=1S/C71H117N3O25/c1-4-7-10-13-16-19-22-37-59(76)88-40-50(43-91-68(72)85)97-65(82)56-34-28-25-31-53(56)62(79)94-47-71(46-75,48-95-63(80)54-32-26-29-35-57(54)66(83)98-51(44-92-69(73)86)41-89-60(77)38-23-20-17-14-11-8-5-2)49-96-64(81)55-33-27-30-36-58(55)67(84)99-52(45-93-70(74)87)42-90-61(78)39-24-21-18-15-12-9-6-3/h50-58,75H,4-49H2,1-3H3,(H2,72,85)(H2,73,86)(H2,74,87). The highest BCUT2D eigenvalue weighted by Crippen LogP contribution is 2.37. The van der Waals surface area contributed by atoms with Gasteiger partial charge in [-0.1, -0.05) is 175 Å².